The Balaban J connectivity index is 2.42. The van der Waals surface area contributed by atoms with Crippen molar-refractivity contribution in [1.29, 1.82) is 0 Å². The number of hydrogen-bond acceptors (Lipinski definition) is 2. The van der Waals surface area contributed by atoms with Crippen LogP contribution in [0.4, 0.5) is 0 Å². The van der Waals surface area contributed by atoms with Crippen molar-refractivity contribution < 1.29 is 9.90 Å². The van der Waals surface area contributed by atoms with Crippen LogP contribution in [0.15, 0.2) is 29.6 Å². The largest absolute Gasteiger partial charge is 0.477 e. The zero-order chi connectivity index (χ0) is 11.7. The van der Waals surface area contributed by atoms with Gasteiger partial charge in [-0.05, 0) is 34.7 Å². The number of hydrogen-bond donors (Lipinski definition) is 1. The molecule has 16 heavy (non-hydrogen) atoms. The first-order valence-electron chi connectivity index (χ1n) is 4.35. The zero-order valence-electron chi connectivity index (χ0n) is 7.91. The summed E-state index contributed by atoms with van der Waals surface area (Å²) in [5.74, 6) is -0.920. The molecule has 0 amide bonds. The predicted molar refractivity (Wildman–Crippen MR) is 66.7 cm³/mol. The van der Waals surface area contributed by atoms with Crippen molar-refractivity contribution in [2.75, 3.05) is 0 Å². The minimum absolute atomic E-state index is 0.307. The van der Waals surface area contributed by atoms with E-state index in [0.29, 0.717) is 14.9 Å². The minimum atomic E-state index is -0.920. The maximum Gasteiger partial charge on any atom is 0.345 e. The molecule has 0 atom stereocenters. The SMILES string of the molecule is O=C(O)c1cc(-c2ccc(Cl)c(Cl)c2)cs1. The Bertz CT molecular complexity index is 549. The van der Waals surface area contributed by atoms with Crippen molar-refractivity contribution >= 4 is 40.5 Å². The van der Waals surface area contributed by atoms with Gasteiger partial charge in [0.15, 0.2) is 0 Å². The fraction of sp³-hybridized carbons (Fsp3) is 0. The zero-order valence-corrected chi connectivity index (χ0v) is 10.2. The Morgan fingerprint density at radius 1 is 1.12 bits per heavy atom. The van der Waals surface area contributed by atoms with Crippen molar-refractivity contribution in [3.63, 3.8) is 0 Å². The summed E-state index contributed by atoms with van der Waals surface area (Å²) < 4.78 is 0. The van der Waals surface area contributed by atoms with Gasteiger partial charge >= 0.3 is 5.97 Å². The number of benzene rings is 1. The topological polar surface area (TPSA) is 37.3 Å². The van der Waals surface area contributed by atoms with E-state index in [2.05, 4.69) is 0 Å². The quantitative estimate of drug-likeness (QED) is 0.879. The van der Waals surface area contributed by atoms with Crippen LogP contribution < -0.4 is 0 Å². The van der Waals surface area contributed by atoms with Gasteiger partial charge in [0.2, 0.25) is 0 Å². The average molecular weight is 273 g/mol. The number of halogens is 2. The monoisotopic (exact) mass is 272 g/mol. The molecule has 0 bridgehead atoms. The van der Waals surface area contributed by atoms with Crippen LogP contribution in [-0.4, -0.2) is 11.1 Å². The number of rotatable bonds is 2. The second-order valence-electron chi connectivity index (χ2n) is 3.13. The van der Waals surface area contributed by atoms with Crippen molar-refractivity contribution in [2.24, 2.45) is 0 Å². The van der Waals surface area contributed by atoms with Crippen molar-refractivity contribution in [2.45, 2.75) is 0 Å². The first kappa shape index (κ1) is 11.5. The molecule has 0 fully saturated rings. The van der Waals surface area contributed by atoms with E-state index in [-0.39, 0.29) is 0 Å². The minimum Gasteiger partial charge on any atom is -0.477 e. The standard InChI is InChI=1S/C11H6Cl2O2S/c12-8-2-1-6(3-9(8)13)7-4-10(11(14)15)16-5-7/h1-5H,(H,14,15). The van der Waals surface area contributed by atoms with Crippen molar-refractivity contribution in [3.8, 4) is 11.1 Å². The van der Waals surface area contributed by atoms with Crippen LogP contribution in [0.25, 0.3) is 11.1 Å². The summed E-state index contributed by atoms with van der Waals surface area (Å²) in [6, 6.07) is 6.84. The van der Waals surface area contributed by atoms with E-state index in [1.807, 2.05) is 6.07 Å². The van der Waals surface area contributed by atoms with Gasteiger partial charge in [0, 0.05) is 0 Å². The Morgan fingerprint density at radius 3 is 2.44 bits per heavy atom. The molecule has 2 nitrogen and oxygen atoms in total. The molecule has 0 aliphatic rings. The van der Waals surface area contributed by atoms with E-state index in [1.54, 1.807) is 23.6 Å². The van der Waals surface area contributed by atoms with Gasteiger partial charge in [0.25, 0.3) is 0 Å². The molecule has 1 aromatic heterocycles. The second-order valence-corrected chi connectivity index (χ2v) is 4.86. The Labute approximate surface area is 106 Å². The maximum atomic E-state index is 10.7. The highest BCUT2D eigenvalue weighted by molar-refractivity contribution is 7.12. The van der Waals surface area contributed by atoms with Crippen molar-refractivity contribution in [3.05, 3.63) is 44.6 Å². The van der Waals surface area contributed by atoms with Gasteiger partial charge in [-0.2, -0.15) is 0 Å². The lowest BCUT2D eigenvalue weighted by Crippen LogP contribution is -1.89. The normalized spacial score (nSPS) is 10.4. The number of thiophene rings is 1. The summed E-state index contributed by atoms with van der Waals surface area (Å²) in [6.45, 7) is 0. The molecule has 0 saturated heterocycles. The molecule has 1 aromatic carbocycles. The first-order valence-corrected chi connectivity index (χ1v) is 5.99. The van der Waals surface area contributed by atoms with Crippen molar-refractivity contribution in [1.82, 2.24) is 0 Å². The summed E-state index contributed by atoms with van der Waals surface area (Å²) in [6.07, 6.45) is 0. The third kappa shape index (κ3) is 2.21. The molecule has 0 unspecified atom stereocenters. The average Bonchev–Trinajstić information content (AvgIpc) is 2.71. The third-order valence-corrected chi connectivity index (χ3v) is 3.72. The van der Waals surface area contributed by atoms with Crippen LogP contribution in [0.2, 0.25) is 10.0 Å². The summed E-state index contributed by atoms with van der Waals surface area (Å²) in [5, 5.41) is 11.5. The molecule has 82 valence electrons. The van der Waals surface area contributed by atoms with Crippen LogP contribution in [0.5, 0.6) is 0 Å². The second kappa shape index (κ2) is 4.45. The van der Waals surface area contributed by atoms with Gasteiger partial charge in [-0.25, -0.2) is 4.79 Å². The number of carboxylic acids is 1. The van der Waals surface area contributed by atoms with Crippen LogP contribution >= 0.6 is 34.5 Å². The van der Waals surface area contributed by atoms with Gasteiger partial charge < -0.3 is 5.11 Å². The fourth-order valence-corrected chi connectivity index (χ4v) is 2.33. The number of carboxylic acid groups (broad SMARTS) is 1. The van der Waals surface area contributed by atoms with E-state index >= 15 is 0 Å². The number of carbonyl (C=O) groups is 1. The molecule has 0 radical (unpaired) electrons. The molecule has 0 saturated carbocycles. The van der Waals surface area contributed by atoms with Crippen LogP contribution in [-0.2, 0) is 0 Å². The van der Waals surface area contributed by atoms with Crippen LogP contribution in [0.1, 0.15) is 9.67 Å². The fourth-order valence-electron chi connectivity index (χ4n) is 1.28. The molecule has 2 rings (SSSR count). The summed E-state index contributed by atoms with van der Waals surface area (Å²) in [5.41, 5.74) is 1.69. The maximum absolute atomic E-state index is 10.7. The molecule has 5 heteroatoms. The molecular formula is C11H6Cl2O2S. The van der Waals surface area contributed by atoms with Gasteiger partial charge in [-0.1, -0.05) is 29.3 Å². The van der Waals surface area contributed by atoms with Gasteiger partial charge in [0.05, 0.1) is 10.0 Å². The highest BCUT2D eigenvalue weighted by Gasteiger charge is 2.09. The van der Waals surface area contributed by atoms with E-state index in [4.69, 9.17) is 28.3 Å². The van der Waals surface area contributed by atoms with E-state index in [9.17, 15) is 4.79 Å². The van der Waals surface area contributed by atoms with E-state index in [0.717, 1.165) is 11.1 Å². The van der Waals surface area contributed by atoms with Gasteiger partial charge in [0.1, 0.15) is 4.88 Å². The molecular weight excluding hydrogens is 267 g/mol. The number of aromatic carboxylic acids is 1. The Hall–Kier alpha value is -1.03. The first-order chi connectivity index (χ1) is 7.58. The summed E-state index contributed by atoms with van der Waals surface area (Å²) in [4.78, 5) is 11.0. The smallest absolute Gasteiger partial charge is 0.345 e. The molecule has 0 aliphatic carbocycles. The summed E-state index contributed by atoms with van der Waals surface area (Å²) in [7, 11) is 0. The highest BCUT2D eigenvalue weighted by Crippen LogP contribution is 2.31. The molecule has 0 aliphatic heterocycles. The highest BCUT2D eigenvalue weighted by atomic mass is 35.5. The lowest BCUT2D eigenvalue weighted by Gasteiger charge is -1.99. The third-order valence-electron chi connectivity index (χ3n) is 2.06. The van der Waals surface area contributed by atoms with Gasteiger partial charge in [-0.3, -0.25) is 0 Å². The molecule has 1 N–H and O–H groups in total. The summed E-state index contributed by atoms with van der Waals surface area (Å²) >= 11 is 12.9. The lowest BCUT2D eigenvalue weighted by molar-refractivity contribution is 0.0702. The Kier molecular flexibility index (Phi) is 3.19. The van der Waals surface area contributed by atoms with Crippen LogP contribution in [0.3, 0.4) is 0 Å². The molecule has 0 spiro atoms. The molecule has 1 heterocycles. The Morgan fingerprint density at radius 2 is 1.88 bits per heavy atom. The predicted octanol–water partition coefficient (Wildman–Crippen LogP) is 4.42. The lowest BCUT2D eigenvalue weighted by atomic mass is 10.1. The van der Waals surface area contributed by atoms with E-state index < -0.39 is 5.97 Å². The van der Waals surface area contributed by atoms with Crippen LogP contribution in [0, 0.1) is 0 Å². The van der Waals surface area contributed by atoms with Gasteiger partial charge in [-0.15, -0.1) is 11.3 Å². The molecule has 2 aromatic rings. The van der Waals surface area contributed by atoms with E-state index in [1.165, 1.54) is 11.3 Å².